The second-order valence-electron chi connectivity index (χ2n) is 9.86. The Morgan fingerprint density at radius 3 is 2.81 bits per heavy atom. The van der Waals surface area contributed by atoms with Crippen LogP contribution in [-0.4, -0.2) is 41.7 Å². The van der Waals surface area contributed by atoms with Gasteiger partial charge in [0.05, 0.1) is 23.7 Å². The average molecular weight is 419 g/mol. The summed E-state index contributed by atoms with van der Waals surface area (Å²) in [5.41, 5.74) is 5.62. The van der Waals surface area contributed by atoms with Gasteiger partial charge in [-0.25, -0.2) is 0 Å². The van der Waals surface area contributed by atoms with Gasteiger partial charge in [-0.2, -0.15) is 0 Å². The number of carbonyl (C=O) groups excluding carboxylic acids is 1. The minimum atomic E-state index is -0.402. The van der Waals surface area contributed by atoms with Crippen LogP contribution < -0.4 is 5.32 Å². The van der Waals surface area contributed by atoms with Crippen molar-refractivity contribution >= 4 is 11.6 Å². The van der Waals surface area contributed by atoms with Gasteiger partial charge >= 0.3 is 0 Å². The molecule has 2 N–H and O–H groups in total. The number of benzene rings is 2. The number of hydrogen-bond acceptors (Lipinski definition) is 4. The van der Waals surface area contributed by atoms with Gasteiger partial charge in [0.15, 0.2) is 0 Å². The zero-order valence-corrected chi connectivity index (χ0v) is 18.0. The number of aryl methyl sites for hydroxylation is 1. The third-order valence-corrected chi connectivity index (χ3v) is 7.80. The summed E-state index contributed by atoms with van der Waals surface area (Å²) in [6, 6.07) is 15.5. The summed E-state index contributed by atoms with van der Waals surface area (Å²) in [5, 5.41) is 13.7. The molecule has 162 valence electrons. The number of nitrogens with one attached hydrogen (secondary N) is 1. The zero-order valence-electron chi connectivity index (χ0n) is 18.0. The molecule has 31 heavy (non-hydrogen) atoms. The molecular weight excluding hydrogens is 388 g/mol. The van der Waals surface area contributed by atoms with E-state index in [1.807, 2.05) is 4.90 Å². The molecule has 2 aromatic rings. The number of aliphatic hydroxyl groups excluding tert-OH is 1. The molecule has 2 aromatic carbocycles. The monoisotopic (exact) mass is 418 g/mol. The van der Waals surface area contributed by atoms with Crippen LogP contribution in [0.1, 0.15) is 60.1 Å². The highest BCUT2D eigenvalue weighted by Gasteiger charge is 2.54. The van der Waals surface area contributed by atoms with Gasteiger partial charge in [0.2, 0.25) is 5.91 Å². The Labute approximate surface area is 183 Å². The lowest BCUT2D eigenvalue weighted by Gasteiger charge is -2.37. The maximum absolute atomic E-state index is 13.3. The largest absolute Gasteiger partial charge is 0.391 e. The Morgan fingerprint density at radius 1 is 1.19 bits per heavy atom. The fraction of sp³-hybridized carbons (Fsp3) is 0.500. The number of likely N-dealkylation sites (tertiary alicyclic amines) is 1. The average Bonchev–Trinajstić information content (AvgIpc) is 3.22. The number of β-amino-alcohol motifs (C(OH)–C–C–N with tert-alkyl or cyclic N) is 1. The first-order valence-corrected chi connectivity index (χ1v) is 11.6. The summed E-state index contributed by atoms with van der Waals surface area (Å²) in [7, 11) is 0. The number of rotatable bonds is 3. The van der Waals surface area contributed by atoms with Gasteiger partial charge in [-0.05, 0) is 49.8 Å². The normalized spacial score (nSPS) is 30.5. The summed E-state index contributed by atoms with van der Waals surface area (Å²) < 4.78 is 6.26. The minimum Gasteiger partial charge on any atom is -0.391 e. The molecular formula is C26H30N2O3. The molecule has 1 saturated carbocycles. The van der Waals surface area contributed by atoms with Crippen molar-refractivity contribution in [3.05, 3.63) is 64.7 Å². The fourth-order valence-electron chi connectivity index (χ4n) is 5.94. The molecule has 4 atom stereocenters. The van der Waals surface area contributed by atoms with Gasteiger partial charge in [0, 0.05) is 36.9 Å². The van der Waals surface area contributed by atoms with Crippen molar-refractivity contribution in [3.8, 4) is 0 Å². The summed E-state index contributed by atoms with van der Waals surface area (Å²) >= 11 is 0. The van der Waals surface area contributed by atoms with Crippen LogP contribution in [0.2, 0.25) is 0 Å². The van der Waals surface area contributed by atoms with E-state index in [1.165, 1.54) is 16.7 Å². The van der Waals surface area contributed by atoms with Crippen LogP contribution in [0.5, 0.6) is 0 Å². The predicted molar refractivity (Wildman–Crippen MR) is 119 cm³/mol. The molecule has 0 aromatic heterocycles. The molecule has 0 spiro atoms. The smallest absolute Gasteiger partial charge is 0.233 e. The number of amides is 1. The molecule has 0 unspecified atom stereocenters. The first kappa shape index (κ1) is 19.3. The van der Waals surface area contributed by atoms with Gasteiger partial charge in [-0.1, -0.05) is 42.0 Å². The summed E-state index contributed by atoms with van der Waals surface area (Å²) in [5.74, 6) is 0.582. The summed E-state index contributed by atoms with van der Waals surface area (Å²) in [6.45, 7) is 4.05. The number of hydrogen-bond donors (Lipinski definition) is 2. The molecule has 6 rings (SSSR count). The lowest BCUT2D eigenvalue weighted by atomic mass is 9.79. The van der Waals surface area contributed by atoms with E-state index < -0.39 is 5.41 Å². The summed E-state index contributed by atoms with van der Waals surface area (Å²) in [6.07, 6.45) is 3.21. The molecule has 5 nitrogen and oxygen atoms in total. The zero-order chi connectivity index (χ0) is 21.2. The molecule has 0 radical (unpaired) electrons. The number of ether oxygens (including phenoxy) is 1. The van der Waals surface area contributed by atoms with Gasteiger partial charge in [0.1, 0.15) is 0 Å². The van der Waals surface area contributed by atoms with Crippen molar-refractivity contribution in [1.82, 2.24) is 4.90 Å². The quantitative estimate of drug-likeness (QED) is 0.795. The molecule has 3 aliphatic heterocycles. The van der Waals surface area contributed by atoms with Gasteiger partial charge in [0.25, 0.3) is 0 Å². The molecule has 4 aliphatic rings. The molecule has 2 saturated heterocycles. The van der Waals surface area contributed by atoms with Crippen LogP contribution in [-0.2, 0) is 14.9 Å². The SMILES string of the molecule is Cc1cccc([C@H]2Nc3ccc(C4(C(=O)N5CC[C@H](O)C5)CC4)cc3[C@@H]3OCC[C@H]23)c1. The van der Waals surface area contributed by atoms with E-state index in [-0.39, 0.29) is 24.2 Å². The van der Waals surface area contributed by atoms with Crippen LogP contribution in [0.15, 0.2) is 42.5 Å². The third-order valence-electron chi connectivity index (χ3n) is 7.80. The Hall–Kier alpha value is -2.37. The second kappa shape index (κ2) is 7.07. The molecule has 1 amide bonds. The lowest BCUT2D eigenvalue weighted by Crippen LogP contribution is -2.38. The lowest BCUT2D eigenvalue weighted by molar-refractivity contribution is -0.133. The van der Waals surface area contributed by atoms with Crippen LogP contribution in [0.4, 0.5) is 5.69 Å². The molecule has 5 heteroatoms. The highest BCUT2D eigenvalue weighted by atomic mass is 16.5. The van der Waals surface area contributed by atoms with Crippen LogP contribution in [0.25, 0.3) is 0 Å². The van der Waals surface area contributed by atoms with E-state index in [9.17, 15) is 9.90 Å². The van der Waals surface area contributed by atoms with Crippen molar-refractivity contribution < 1.29 is 14.6 Å². The topological polar surface area (TPSA) is 61.8 Å². The molecule has 1 aliphatic carbocycles. The maximum Gasteiger partial charge on any atom is 0.233 e. The van der Waals surface area contributed by atoms with E-state index >= 15 is 0 Å². The van der Waals surface area contributed by atoms with E-state index in [0.29, 0.717) is 25.4 Å². The predicted octanol–water partition coefficient (Wildman–Crippen LogP) is 3.86. The minimum absolute atomic E-state index is 0.0706. The van der Waals surface area contributed by atoms with Gasteiger partial charge in [-0.15, -0.1) is 0 Å². The Balaban J connectivity index is 1.33. The number of anilines is 1. The van der Waals surface area contributed by atoms with E-state index in [0.717, 1.165) is 37.1 Å². The molecule has 3 fully saturated rings. The Morgan fingerprint density at radius 2 is 2.06 bits per heavy atom. The number of fused-ring (bicyclic) bond motifs is 3. The van der Waals surface area contributed by atoms with Crippen molar-refractivity contribution in [1.29, 1.82) is 0 Å². The first-order chi connectivity index (χ1) is 15.0. The van der Waals surface area contributed by atoms with Crippen LogP contribution in [0.3, 0.4) is 0 Å². The van der Waals surface area contributed by atoms with Gasteiger partial charge in [-0.3, -0.25) is 4.79 Å². The number of aliphatic hydroxyl groups is 1. The van der Waals surface area contributed by atoms with E-state index in [4.69, 9.17) is 4.74 Å². The number of carbonyl (C=O) groups is 1. The molecule has 0 bridgehead atoms. The summed E-state index contributed by atoms with van der Waals surface area (Å²) in [4.78, 5) is 15.2. The van der Waals surface area contributed by atoms with Crippen molar-refractivity contribution in [2.45, 2.75) is 56.3 Å². The van der Waals surface area contributed by atoms with Crippen molar-refractivity contribution in [2.75, 3.05) is 25.0 Å². The number of nitrogens with zero attached hydrogens (tertiary/aromatic N) is 1. The third kappa shape index (κ3) is 3.09. The highest BCUT2D eigenvalue weighted by molar-refractivity contribution is 5.92. The Bertz CT molecular complexity index is 1030. The van der Waals surface area contributed by atoms with E-state index in [1.54, 1.807) is 0 Å². The van der Waals surface area contributed by atoms with Gasteiger partial charge < -0.3 is 20.1 Å². The van der Waals surface area contributed by atoms with E-state index in [2.05, 4.69) is 54.7 Å². The van der Waals surface area contributed by atoms with Crippen molar-refractivity contribution in [3.63, 3.8) is 0 Å². The Kier molecular flexibility index (Phi) is 4.41. The van der Waals surface area contributed by atoms with Crippen LogP contribution in [0, 0.1) is 12.8 Å². The van der Waals surface area contributed by atoms with Crippen LogP contribution >= 0.6 is 0 Å². The standard InChI is InChI=1S/C26H30N2O3/c1-16-3-2-4-17(13-16)23-20-8-12-31-24(20)21-14-18(5-6-22(21)27-23)26(9-10-26)25(30)28-11-7-19(29)15-28/h2-6,13-14,19-20,23-24,27,29H,7-12,15H2,1H3/t19-,20+,23+,24+/m0/s1. The second-order valence-corrected chi connectivity index (χ2v) is 9.86. The van der Waals surface area contributed by atoms with Crippen molar-refractivity contribution in [2.24, 2.45) is 5.92 Å². The highest BCUT2D eigenvalue weighted by Crippen LogP contribution is 2.54. The molecule has 3 heterocycles. The fourth-order valence-corrected chi connectivity index (χ4v) is 5.94. The first-order valence-electron chi connectivity index (χ1n) is 11.6. The maximum atomic E-state index is 13.3.